The lowest BCUT2D eigenvalue weighted by molar-refractivity contribution is 0.195. The van der Waals surface area contributed by atoms with E-state index in [9.17, 15) is 9.50 Å². The van der Waals surface area contributed by atoms with E-state index in [4.69, 9.17) is 14.7 Å². The summed E-state index contributed by atoms with van der Waals surface area (Å²) >= 11 is 0. The summed E-state index contributed by atoms with van der Waals surface area (Å²) in [5.74, 6) is 0.717. The van der Waals surface area contributed by atoms with E-state index < -0.39 is 11.9 Å². The maximum absolute atomic E-state index is 13.3. The highest BCUT2D eigenvalue weighted by Crippen LogP contribution is 2.32. The number of hydrogen-bond donors (Lipinski definition) is 1. The van der Waals surface area contributed by atoms with Gasteiger partial charge in [0.2, 0.25) is 0 Å². The molecule has 0 aliphatic heterocycles. The van der Waals surface area contributed by atoms with Gasteiger partial charge in [-0.05, 0) is 37.3 Å². The van der Waals surface area contributed by atoms with Gasteiger partial charge in [0.05, 0.1) is 24.8 Å². The summed E-state index contributed by atoms with van der Waals surface area (Å²) in [7, 11) is 1.49. The van der Waals surface area contributed by atoms with Gasteiger partial charge in [0.15, 0.2) is 0 Å². The standard InChI is InChI=1S/C16H14FNO3/c1-10(19)15-7-12(17)3-4-16(15)21-14-6-11(9-18)5-13(8-14)20-2/h3-8,10,19H,1-2H3/t10-/m0/s1. The largest absolute Gasteiger partial charge is 0.497 e. The Morgan fingerprint density at radius 2 is 1.90 bits per heavy atom. The molecule has 0 unspecified atom stereocenters. The first-order valence-electron chi connectivity index (χ1n) is 6.28. The highest BCUT2D eigenvalue weighted by molar-refractivity contribution is 5.47. The molecule has 21 heavy (non-hydrogen) atoms. The Morgan fingerprint density at radius 1 is 1.19 bits per heavy atom. The van der Waals surface area contributed by atoms with Crippen LogP contribution in [0.25, 0.3) is 0 Å². The lowest BCUT2D eigenvalue weighted by Gasteiger charge is -2.14. The van der Waals surface area contributed by atoms with Gasteiger partial charge in [0.1, 0.15) is 23.1 Å². The summed E-state index contributed by atoms with van der Waals surface area (Å²) in [5.41, 5.74) is 0.710. The van der Waals surface area contributed by atoms with Crippen molar-refractivity contribution in [3.8, 4) is 23.3 Å². The molecule has 108 valence electrons. The second kappa shape index (κ2) is 6.25. The molecule has 0 radical (unpaired) electrons. The first-order valence-corrected chi connectivity index (χ1v) is 6.28. The first-order chi connectivity index (χ1) is 10.0. The van der Waals surface area contributed by atoms with Crippen molar-refractivity contribution in [3.05, 3.63) is 53.3 Å². The molecule has 0 aliphatic carbocycles. The minimum absolute atomic E-state index is 0.323. The van der Waals surface area contributed by atoms with Crippen LogP contribution in [0.1, 0.15) is 24.2 Å². The molecule has 5 heteroatoms. The molecule has 1 N–H and O–H groups in total. The summed E-state index contributed by atoms with van der Waals surface area (Å²) in [5, 5.41) is 18.7. The van der Waals surface area contributed by atoms with Crippen molar-refractivity contribution in [2.24, 2.45) is 0 Å². The van der Waals surface area contributed by atoms with Gasteiger partial charge in [0, 0.05) is 11.6 Å². The third kappa shape index (κ3) is 3.50. The van der Waals surface area contributed by atoms with E-state index in [1.165, 1.54) is 38.3 Å². The molecule has 0 heterocycles. The third-order valence-electron chi connectivity index (χ3n) is 2.89. The van der Waals surface area contributed by atoms with Crippen LogP contribution in [0, 0.1) is 17.1 Å². The monoisotopic (exact) mass is 287 g/mol. The smallest absolute Gasteiger partial charge is 0.133 e. The number of benzene rings is 2. The molecule has 0 aromatic heterocycles. The van der Waals surface area contributed by atoms with Gasteiger partial charge in [-0.3, -0.25) is 0 Å². The average Bonchev–Trinajstić information content (AvgIpc) is 2.48. The molecule has 0 spiro atoms. The summed E-state index contributed by atoms with van der Waals surface area (Å²) in [6, 6.07) is 10.6. The van der Waals surface area contributed by atoms with Gasteiger partial charge in [-0.15, -0.1) is 0 Å². The Kier molecular flexibility index (Phi) is 4.41. The topological polar surface area (TPSA) is 62.5 Å². The molecule has 0 fully saturated rings. The number of halogens is 1. The van der Waals surface area contributed by atoms with E-state index in [-0.39, 0.29) is 0 Å². The summed E-state index contributed by atoms with van der Waals surface area (Å²) in [6.45, 7) is 1.52. The zero-order valence-electron chi connectivity index (χ0n) is 11.6. The number of ether oxygens (including phenoxy) is 2. The van der Waals surface area contributed by atoms with Gasteiger partial charge in [0.25, 0.3) is 0 Å². The zero-order chi connectivity index (χ0) is 15.4. The van der Waals surface area contributed by atoms with Crippen LogP contribution >= 0.6 is 0 Å². The second-order valence-corrected chi connectivity index (χ2v) is 4.47. The Bertz CT molecular complexity index is 692. The molecule has 2 aromatic carbocycles. The van der Waals surface area contributed by atoms with E-state index in [0.29, 0.717) is 28.4 Å². The lowest BCUT2D eigenvalue weighted by Crippen LogP contribution is -1.97. The Balaban J connectivity index is 2.41. The van der Waals surface area contributed by atoms with E-state index in [1.54, 1.807) is 12.1 Å². The Hall–Kier alpha value is -2.58. The molecular formula is C16H14FNO3. The van der Waals surface area contributed by atoms with Crippen LogP contribution in [0.15, 0.2) is 36.4 Å². The zero-order valence-corrected chi connectivity index (χ0v) is 11.6. The van der Waals surface area contributed by atoms with Crippen molar-refractivity contribution in [1.82, 2.24) is 0 Å². The molecule has 0 saturated carbocycles. The molecule has 4 nitrogen and oxygen atoms in total. The van der Waals surface area contributed by atoms with Crippen molar-refractivity contribution >= 4 is 0 Å². The minimum atomic E-state index is -0.878. The fourth-order valence-corrected chi connectivity index (χ4v) is 1.88. The van der Waals surface area contributed by atoms with Gasteiger partial charge in [-0.1, -0.05) is 0 Å². The lowest BCUT2D eigenvalue weighted by atomic mass is 10.1. The summed E-state index contributed by atoms with van der Waals surface area (Å²) in [4.78, 5) is 0. The van der Waals surface area contributed by atoms with Gasteiger partial charge >= 0.3 is 0 Å². The molecule has 1 atom stereocenters. The van der Waals surface area contributed by atoms with Crippen molar-refractivity contribution in [1.29, 1.82) is 5.26 Å². The average molecular weight is 287 g/mol. The normalized spacial score (nSPS) is 11.6. The van der Waals surface area contributed by atoms with E-state index in [2.05, 4.69) is 0 Å². The molecule has 0 amide bonds. The molecule has 0 aliphatic rings. The van der Waals surface area contributed by atoms with Crippen molar-refractivity contribution < 1.29 is 19.0 Å². The van der Waals surface area contributed by atoms with Crippen LogP contribution in [0.4, 0.5) is 4.39 Å². The second-order valence-electron chi connectivity index (χ2n) is 4.47. The van der Waals surface area contributed by atoms with Crippen LogP contribution in [-0.4, -0.2) is 12.2 Å². The minimum Gasteiger partial charge on any atom is -0.497 e. The van der Waals surface area contributed by atoms with Crippen LogP contribution < -0.4 is 9.47 Å². The summed E-state index contributed by atoms with van der Waals surface area (Å²) in [6.07, 6.45) is -0.878. The van der Waals surface area contributed by atoms with Crippen molar-refractivity contribution in [2.75, 3.05) is 7.11 Å². The quantitative estimate of drug-likeness (QED) is 0.934. The van der Waals surface area contributed by atoms with Gasteiger partial charge < -0.3 is 14.6 Å². The molecule has 2 rings (SSSR count). The van der Waals surface area contributed by atoms with E-state index >= 15 is 0 Å². The SMILES string of the molecule is COc1cc(C#N)cc(Oc2ccc(F)cc2[C@H](C)O)c1. The Labute approximate surface area is 122 Å². The van der Waals surface area contributed by atoms with Crippen LogP contribution in [0.3, 0.4) is 0 Å². The fourth-order valence-electron chi connectivity index (χ4n) is 1.88. The summed E-state index contributed by atoms with van der Waals surface area (Å²) < 4.78 is 24.0. The highest BCUT2D eigenvalue weighted by Gasteiger charge is 2.12. The van der Waals surface area contributed by atoms with Gasteiger partial charge in [-0.2, -0.15) is 5.26 Å². The van der Waals surface area contributed by atoms with Crippen molar-refractivity contribution in [2.45, 2.75) is 13.0 Å². The molecule has 0 bridgehead atoms. The molecule has 0 saturated heterocycles. The predicted octanol–water partition coefficient (Wildman–Crippen LogP) is 3.55. The first kappa shape index (κ1) is 14.8. The number of aliphatic hydroxyl groups excluding tert-OH is 1. The predicted molar refractivity (Wildman–Crippen MR) is 74.8 cm³/mol. The van der Waals surface area contributed by atoms with Crippen LogP contribution in [-0.2, 0) is 0 Å². The van der Waals surface area contributed by atoms with Crippen LogP contribution in [0.2, 0.25) is 0 Å². The highest BCUT2D eigenvalue weighted by atomic mass is 19.1. The van der Waals surface area contributed by atoms with E-state index in [1.807, 2.05) is 6.07 Å². The number of methoxy groups -OCH3 is 1. The molecule has 2 aromatic rings. The number of aliphatic hydroxyl groups is 1. The van der Waals surface area contributed by atoms with Crippen molar-refractivity contribution in [3.63, 3.8) is 0 Å². The third-order valence-corrected chi connectivity index (χ3v) is 2.89. The number of hydrogen-bond acceptors (Lipinski definition) is 4. The maximum Gasteiger partial charge on any atom is 0.133 e. The Morgan fingerprint density at radius 3 is 2.52 bits per heavy atom. The number of nitriles is 1. The van der Waals surface area contributed by atoms with Crippen LogP contribution in [0.5, 0.6) is 17.2 Å². The van der Waals surface area contributed by atoms with Gasteiger partial charge in [-0.25, -0.2) is 4.39 Å². The number of nitrogens with zero attached hydrogens (tertiary/aromatic N) is 1. The fraction of sp³-hybridized carbons (Fsp3) is 0.188. The van der Waals surface area contributed by atoms with E-state index in [0.717, 1.165) is 0 Å². The number of rotatable bonds is 4. The maximum atomic E-state index is 13.3. The molecular weight excluding hydrogens is 273 g/mol.